The van der Waals surface area contributed by atoms with Gasteiger partial charge in [0, 0.05) is 19.2 Å². The summed E-state index contributed by atoms with van der Waals surface area (Å²) in [5.41, 5.74) is -0.132. The van der Waals surface area contributed by atoms with Crippen LogP contribution >= 0.6 is 0 Å². The van der Waals surface area contributed by atoms with Crippen molar-refractivity contribution < 1.29 is 22.1 Å². The highest BCUT2D eigenvalue weighted by Gasteiger charge is 2.24. The summed E-state index contributed by atoms with van der Waals surface area (Å²) in [7, 11) is -4.00. The number of carbonyl (C=O) groups excluding carboxylic acids is 1. The lowest BCUT2D eigenvalue weighted by atomic mass is 10.2. The number of rotatable bonds is 4. The molecule has 1 fully saturated rings. The van der Waals surface area contributed by atoms with Gasteiger partial charge in [-0.15, -0.1) is 0 Å². The number of benzene rings is 1. The van der Waals surface area contributed by atoms with Crippen LogP contribution in [0.1, 0.15) is 23.2 Å². The summed E-state index contributed by atoms with van der Waals surface area (Å²) in [6.07, 6.45) is 2.99. The standard InChI is InChI=1S/C14H14FN3O4S/c15-12-9-10(23(20,21)17-13-5-8-22-16-13)3-4-11(12)14(19)18-6-1-2-7-18/h3-5,8-9H,1-2,6-7H2,(H,16,17). The molecule has 0 saturated carbocycles. The van der Waals surface area contributed by atoms with Gasteiger partial charge in [-0.05, 0) is 31.0 Å². The zero-order chi connectivity index (χ0) is 16.4. The van der Waals surface area contributed by atoms with Crippen LogP contribution in [0.4, 0.5) is 10.2 Å². The molecule has 1 N–H and O–H groups in total. The van der Waals surface area contributed by atoms with Crippen molar-refractivity contribution in [2.75, 3.05) is 17.8 Å². The summed E-state index contributed by atoms with van der Waals surface area (Å²) in [6, 6.07) is 4.52. The minimum atomic E-state index is -4.00. The Balaban J connectivity index is 1.85. The Hall–Kier alpha value is -2.42. The van der Waals surface area contributed by atoms with Crippen LogP contribution in [0.5, 0.6) is 0 Å². The molecule has 0 unspecified atom stereocenters. The Morgan fingerprint density at radius 2 is 2.00 bits per heavy atom. The third-order valence-corrected chi connectivity index (χ3v) is 4.90. The van der Waals surface area contributed by atoms with Crippen molar-refractivity contribution in [2.24, 2.45) is 0 Å². The molecule has 122 valence electrons. The fourth-order valence-corrected chi connectivity index (χ4v) is 3.39. The zero-order valence-electron chi connectivity index (χ0n) is 12.0. The Bertz CT molecular complexity index is 815. The van der Waals surface area contributed by atoms with E-state index in [1.54, 1.807) is 4.90 Å². The fraction of sp³-hybridized carbons (Fsp3) is 0.286. The van der Waals surface area contributed by atoms with Crippen LogP contribution in [0.2, 0.25) is 0 Å². The number of anilines is 1. The van der Waals surface area contributed by atoms with E-state index >= 15 is 0 Å². The summed E-state index contributed by atoms with van der Waals surface area (Å²) < 4.78 is 45.1. The summed E-state index contributed by atoms with van der Waals surface area (Å²) >= 11 is 0. The lowest BCUT2D eigenvalue weighted by Crippen LogP contribution is -2.28. The van der Waals surface area contributed by atoms with E-state index in [2.05, 4.69) is 14.4 Å². The minimum absolute atomic E-state index is 0.0115. The summed E-state index contributed by atoms with van der Waals surface area (Å²) in [6.45, 7) is 1.18. The van der Waals surface area contributed by atoms with Crippen molar-refractivity contribution in [3.05, 3.63) is 41.9 Å². The molecule has 1 aromatic heterocycles. The number of carbonyl (C=O) groups is 1. The quantitative estimate of drug-likeness (QED) is 0.918. The van der Waals surface area contributed by atoms with Gasteiger partial charge in [-0.1, -0.05) is 5.16 Å². The first-order chi connectivity index (χ1) is 11.0. The summed E-state index contributed by atoms with van der Waals surface area (Å²) in [4.78, 5) is 13.4. The first-order valence-corrected chi connectivity index (χ1v) is 8.48. The number of amides is 1. The molecule has 1 amide bonds. The molecule has 2 aromatic rings. The second-order valence-corrected chi connectivity index (χ2v) is 6.81. The van der Waals surface area contributed by atoms with Gasteiger partial charge in [0.05, 0.1) is 10.5 Å². The Kier molecular flexibility index (Phi) is 4.03. The molecule has 9 heteroatoms. The van der Waals surface area contributed by atoms with E-state index in [-0.39, 0.29) is 16.3 Å². The van der Waals surface area contributed by atoms with Gasteiger partial charge in [-0.3, -0.25) is 9.52 Å². The number of aromatic nitrogens is 1. The predicted molar refractivity (Wildman–Crippen MR) is 78.8 cm³/mol. The maximum Gasteiger partial charge on any atom is 0.263 e. The maximum atomic E-state index is 14.2. The molecule has 23 heavy (non-hydrogen) atoms. The second-order valence-electron chi connectivity index (χ2n) is 5.13. The largest absolute Gasteiger partial charge is 0.363 e. The van der Waals surface area contributed by atoms with Crippen molar-refractivity contribution in [2.45, 2.75) is 17.7 Å². The number of likely N-dealkylation sites (tertiary alicyclic amines) is 1. The van der Waals surface area contributed by atoms with Crippen molar-refractivity contribution in [1.29, 1.82) is 0 Å². The topological polar surface area (TPSA) is 92.5 Å². The zero-order valence-corrected chi connectivity index (χ0v) is 12.8. The highest BCUT2D eigenvalue weighted by Crippen LogP contribution is 2.20. The van der Waals surface area contributed by atoms with Crippen molar-refractivity contribution in [3.8, 4) is 0 Å². The molecule has 1 aliphatic rings. The second kappa shape index (κ2) is 5.99. The van der Waals surface area contributed by atoms with Gasteiger partial charge < -0.3 is 9.42 Å². The first-order valence-electron chi connectivity index (χ1n) is 6.99. The molecule has 0 radical (unpaired) electrons. The normalized spacial score (nSPS) is 14.9. The van der Waals surface area contributed by atoms with Gasteiger partial charge in [0.1, 0.15) is 12.1 Å². The Labute approximate surface area is 132 Å². The summed E-state index contributed by atoms with van der Waals surface area (Å²) in [5.74, 6) is -1.30. The van der Waals surface area contributed by atoms with Gasteiger partial charge in [0.2, 0.25) is 0 Å². The van der Waals surface area contributed by atoms with E-state index in [4.69, 9.17) is 0 Å². The van der Waals surface area contributed by atoms with Gasteiger partial charge in [0.25, 0.3) is 15.9 Å². The van der Waals surface area contributed by atoms with E-state index in [0.29, 0.717) is 13.1 Å². The van der Waals surface area contributed by atoms with E-state index in [1.165, 1.54) is 24.5 Å². The fourth-order valence-electron chi connectivity index (χ4n) is 2.39. The number of hydrogen-bond acceptors (Lipinski definition) is 5. The van der Waals surface area contributed by atoms with Gasteiger partial charge >= 0.3 is 0 Å². The van der Waals surface area contributed by atoms with Crippen LogP contribution in [0.15, 0.2) is 39.9 Å². The Morgan fingerprint density at radius 1 is 1.26 bits per heavy atom. The van der Waals surface area contributed by atoms with E-state index in [9.17, 15) is 17.6 Å². The molecule has 1 saturated heterocycles. The van der Waals surface area contributed by atoms with Crippen LogP contribution in [0.3, 0.4) is 0 Å². The van der Waals surface area contributed by atoms with Crippen molar-refractivity contribution >= 4 is 21.7 Å². The van der Waals surface area contributed by atoms with Gasteiger partial charge in [0.15, 0.2) is 5.82 Å². The molecular weight excluding hydrogens is 325 g/mol. The molecule has 0 bridgehead atoms. The molecular formula is C14H14FN3O4S. The predicted octanol–water partition coefficient (Wildman–Crippen LogP) is 1.85. The van der Waals surface area contributed by atoms with E-state index in [0.717, 1.165) is 18.9 Å². The average Bonchev–Trinajstić information content (AvgIpc) is 3.19. The molecule has 1 aromatic carbocycles. The lowest BCUT2D eigenvalue weighted by molar-refractivity contribution is 0.0788. The van der Waals surface area contributed by atoms with Crippen LogP contribution < -0.4 is 4.72 Å². The smallest absolute Gasteiger partial charge is 0.263 e. The van der Waals surface area contributed by atoms with Crippen LogP contribution in [0, 0.1) is 5.82 Å². The van der Waals surface area contributed by atoms with Gasteiger partial charge in [-0.2, -0.15) is 0 Å². The number of nitrogens with zero attached hydrogens (tertiary/aromatic N) is 2. The molecule has 7 nitrogen and oxygen atoms in total. The maximum absolute atomic E-state index is 14.2. The van der Waals surface area contributed by atoms with E-state index in [1.807, 2.05) is 0 Å². The highest BCUT2D eigenvalue weighted by molar-refractivity contribution is 7.92. The minimum Gasteiger partial charge on any atom is -0.363 e. The van der Waals surface area contributed by atoms with Gasteiger partial charge in [-0.25, -0.2) is 12.8 Å². The monoisotopic (exact) mass is 339 g/mol. The average molecular weight is 339 g/mol. The third kappa shape index (κ3) is 3.19. The van der Waals surface area contributed by atoms with Crippen LogP contribution in [0.25, 0.3) is 0 Å². The number of halogens is 1. The summed E-state index contributed by atoms with van der Waals surface area (Å²) in [5, 5.41) is 3.43. The molecule has 0 atom stereocenters. The number of nitrogens with one attached hydrogen (secondary N) is 1. The van der Waals surface area contributed by atoms with Crippen molar-refractivity contribution in [1.82, 2.24) is 10.1 Å². The highest BCUT2D eigenvalue weighted by atomic mass is 32.2. The Morgan fingerprint density at radius 3 is 2.61 bits per heavy atom. The number of hydrogen-bond donors (Lipinski definition) is 1. The molecule has 0 aliphatic carbocycles. The first kappa shape index (κ1) is 15.5. The SMILES string of the molecule is O=C(c1ccc(S(=O)(=O)Nc2ccon2)cc1F)N1CCCC1. The number of sulfonamides is 1. The van der Waals surface area contributed by atoms with Crippen LogP contribution in [-0.2, 0) is 10.0 Å². The lowest BCUT2D eigenvalue weighted by Gasteiger charge is -2.16. The third-order valence-electron chi connectivity index (χ3n) is 3.55. The van der Waals surface area contributed by atoms with Crippen molar-refractivity contribution in [3.63, 3.8) is 0 Å². The molecule has 0 spiro atoms. The van der Waals surface area contributed by atoms with Crippen LogP contribution in [-0.4, -0.2) is 37.5 Å². The molecule has 2 heterocycles. The molecule has 3 rings (SSSR count). The molecule has 1 aliphatic heterocycles. The van der Waals surface area contributed by atoms with E-state index < -0.39 is 21.7 Å².